The number of nitrogens with one attached hydrogen (secondary N) is 1. The van der Waals surface area contributed by atoms with Crippen LogP contribution in [-0.2, 0) is 32.3 Å². The van der Waals surface area contributed by atoms with E-state index in [1.807, 2.05) is 59.5 Å². The van der Waals surface area contributed by atoms with Crippen molar-refractivity contribution in [3.63, 3.8) is 0 Å². The average Bonchev–Trinajstić information content (AvgIpc) is 3.56. The van der Waals surface area contributed by atoms with Gasteiger partial charge in [0, 0.05) is 49.3 Å². The maximum Gasteiger partial charge on any atom is 0.286 e. The molecule has 0 bridgehead atoms. The molecule has 3 aromatic rings. The van der Waals surface area contributed by atoms with E-state index in [1.54, 1.807) is 6.26 Å². The van der Waals surface area contributed by atoms with E-state index in [0.717, 1.165) is 40.6 Å². The third-order valence-corrected chi connectivity index (χ3v) is 6.89. The van der Waals surface area contributed by atoms with Crippen molar-refractivity contribution in [2.75, 3.05) is 19.6 Å². The van der Waals surface area contributed by atoms with Gasteiger partial charge in [-0.05, 0) is 36.1 Å². The van der Waals surface area contributed by atoms with Crippen molar-refractivity contribution in [1.29, 1.82) is 0 Å². The molecule has 194 valence electrons. The van der Waals surface area contributed by atoms with Crippen LogP contribution in [0.25, 0.3) is 11.0 Å². The molecule has 8 heteroatoms. The first-order chi connectivity index (χ1) is 18.1. The second-order valence-corrected chi connectivity index (χ2v) is 9.49. The second-order valence-electron chi connectivity index (χ2n) is 9.49. The number of rotatable bonds is 10. The Morgan fingerprint density at radius 1 is 1.14 bits per heavy atom. The lowest BCUT2D eigenvalue weighted by Crippen LogP contribution is -2.34. The number of hydrogen-bond acceptors (Lipinski definition) is 6. The smallest absolute Gasteiger partial charge is 0.286 e. The topological polar surface area (TPSA) is 101 Å². The van der Waals surface area contributed by atoms with Crippen LogP contribution in [0, 0.1) is 0 Å². The van der Waals surface area contributed by atoms with E-state index in [0.29, 0.717) is 39.0 Å². The summed E-state index contributed by atoms with van der Waals surface area (Å²) in [5, 5.41) is 13.2. The Labute approximate surface area is 215 Å². The van der Waals surface area contributed by atoms with Gasteiger partial charge in [-0.15, -0.1) is 0 Å². The molecular formula is C29H32N2O6. The van der Waals surface area contributed by atoms with Gasteiger partial charge in [0.15, 0.2) is 5.76 Å². The number of aliphatic hydroxyl groups is 1. The Morgan fingerprint density at radius 3 is 2.73 bits per heavy atom. The highest BCUT2D eigenvalue weighted by atomic mass is 16.7. The predicted molar refractivity (Wildman–Crippen MR) is 137 cm³/mol. The van der Waals surface area contributed by atoms with Crippen LogP contribution in [-0.4, -0.2) is 47.7 Å². The summed E-state index contributed by atoms with van der Waals surface area (Å²) in [6.45, 7) is 2.19. The van der Waals surface area contributed by atoms with Gasteiger partial charge in [-0.2, -0.15) is 0 Å². The number of hydrogen-bond donors (Lipinski definition) is 2. The van der Waals surface area contributed by atoms with Crippen molar-refractivity contribution < 1.29 is 28.6 Å². The van der Waals surface area contributed by atoms with Crippen LogP contribution in [0.4, 0.5) is 0 Å². The molecule has 1 aromatic heterocycles. The molecule has 5 rings (SSSR count). The van der Waals surface area contributed by atoms with E-state index in [-0.39, 0.29) is 30.1 Å². The summed E-state index contributed by atoms with van der Waals surface area (Å²) in [7, 11) is 0. The fraction of sp³-hybridized carbons (Fsp3) is 0.379. The first-order valence-electron chi connectivity index (χ1n) is 12.8. The number of carbonyl (C=O) groups is 2. The summed E-state index contributed by atoms with van der Waals surface area (Å²) in [5.41, 5.74) is 3.56. The maximum absolute atomic E-state index is 13.0. The lowest BCUT2D eigenvalue weighted by atomic mass is 9.92. The average molecular weight is 505 g/mol. The van der Waals surface area contributed by atoms with E-state index in [2.05, 4.69) is 5.32 Å². The number of para-hydroxylation sites is 1. The van der Waals surface area contributed by atoms with E-state index < -0.39 is 6.29 Å². The molecule has 0 aliphatic carbocycles. The van der Waals surface area contributed by atoms with Gasteiger partial charge in [-0.25, -0.2) is 0 Å². The van der Waals surface area contributed by atoms with Crippen molar-refractivity contribution in [2.24, 2.45) is 0 Å². The standard InChI is InChI=1S/C29H32N2O6/c32-17-20-8-10-21(11-9-20)18-36-28-16-22(24-19-35-25-6-2-1-5-23(24)25)15-26(37-28)29(34)30-12-4-14-31-13-3-7-27(31)33/h1-2,5-6,8-11,15,19,22,28,32H,3-4,7,12-14,16-18H2,(H,30,34)/t22-,28+/m0/s1. The molecule has 0 radical (unpaired) electrons. The molecule has 2 aromatic carbocycles. The monoisotopic (exact) mass is 504 g/mol. The number of ether oxygens (including phenoxy) is 2. The van der Waals surface area contributed by atoms with Gasteiger partial charge in [0.05, 0.1) is 19.5 Å². The third kappa shape index (κ3) is 6.03. The summed E-state index contributed by atoms with van der Waals surface area (Å²) >= 11 is 0. The number of carbonyl (C=O) groups excluding carboxylic acids is 2. The van der Waals surface area contributed by atoms with Crippen molar-refractivity contribution in [3.05, 3.63) is 83.3 Å². The van der Waals surface area contributed by atoms with Crippen molar-refractivity contribution in [1.82, 2.24) is 10.2 Å². The Bertz CT molecular complexity index is 1260. The van der Waals surface area contributed by atoms with Gasteiger partial charge in [0.2, 0.25) is 12.2 Å². The second kappa shape index (κ2) is 11.6. The molecular weight excluding hydrogens is 472 g/mol. The minimum absolute atomic E-state index is 0.00911. The highest BCUT2D eigenvalue weighted by Crippen LogP contribution is 2.36. The SMILES string of the molecule is O=C(NCCCN1CCCC1=O)C1=C[C@H](c2coc3ccccc23)C[C@H](OCc2ccc(CO)cc2)O1. The largest absolute Gasteiger partial charge is 0.464 e. The quantitative estimate of drug-likeness (QED) is 0.405. The molecule has 3 heterocycles. The summed E-state index contributed by atoms with van der Waals surface area (Å²) < 4.78 is 17.8. The number of furan rings is 1. The van der Waals surface area contributed by atoms with E-state index >= 15 is 0 Å². The summed E-state index contributed by atoms with van der Waals surface area (Å²) in [6, 6.07) is 15.4. The zero-order valence-corrected chi connectivity index (χ0v) is 20.7. The normalized spacial score (nSPS) is 19.6. The number of likely N-dealkylation sites (tertiary alicyclic amines) is 1. The van der Waals surface area contributed by atoms with Crippen LogP contribution in [0.2, 0.25) is 0 Å². The van der Waals surface area contributed by atoms with Gasteiger partial charge in [0.25, 0.3) is 5.91 Å². The minimum Gasteiger partial charge on any atom is -0.464 e. The maximum atomic E-state index is 13.0. The first kappa shape index (κ1) is 25.0. The van der Waals surface area contributed by atoms with E-state index in [4.69, 9.17) is 13.9 Å². The van der Waals surface area contributed by atoms with Crippen LogP contribution < -0.4 is 5.32 Å². The van der Waals surface area contributed by atoms with Crippen LogP contribution >= 0.6 is 0 Å². The molecule has 2 aliphatic rings. The Kier molecular flexibility index (Phi) is 7.87. The van der Waals surface area contributed by atoms with Crippen molar-refractivity contribution in [2.45, 2.75) is 51.1 Å². The number of fused-ring (bicyclic) bond motifs is 1. The molecule has 0 unspecified atom stereocenters. The van der Waals surface area contributed by atoms with Crippen molar-refractivity contribution in [3.8, 4) is 0 Å². The summed E-state index contributed by atoms with van der Waals surface area (Å²) in [4.78, 5) is 26.7. The molecule has 2 atom stereocenters. The lowest BCUT2D eigenvalue weighted by molar-refractivity contribution is -0.150. The first-order valence-corrected chi connectivity index (χ1v) is 12.8. The number of aliphatic hydroxyl groups excluding tert-OH is 1. The zero-order valence-electron chi connectivity index (χ0n) is 20.7. The van der Waals surface area contributed by atoms with Gasteiger partial charge in [0.1, 0.15) is 5.58 Å². The molecule has 0 saturated carbocycles. The van der Waals surface area contributed by atoms with Crippen LogP contribution in [0.15, 0.2) is 71.0 Å². The van der Waals surface area contributed by atoms with E-state index in [1.165, 1.54) is 0 Å². The number of benzene rings is 2. The highest BCUT2D eigenvalue weighted by Gasteiger charge is 2.30. The number of nitrogens with zero attached hydrogens (tertiary/aromatic N) is 1. The van der Waals surface area contributed by atoms with Crippen LogP contribution in [0.3, 0.4) is 0 Å². The lowest BCUT2D eigenvalue weighted by Gasteiger charge is -2.29. The Hall–Kier alpha value is -3.62. The molecule has 2 amide bonds. The molecule has 8 nitrogen and oxygen atoms in total. The Morgan fingerprint density at radius 2 is 1.95 bits per heavy atom. The van der Waals surface area contributed by atoms with Crippen LogP contribution in [0.1, 0.15) is 48.3 Å². The summed E-state index contributed by atoms with van der Waals surface area (Å²) in [5.74, 6) is -0.0153. The fourth-order valence-electron chi connectivity index (χ4n) is 4.85. The number of amides is 2. The van der Waals surface area contributed by atoms with Crippen LogP contribution in [0.5, 0.6) is 0 Å². The van der Waals surface area contributed by atoms with Gasteiger partial charge < -0.3 is 29.2 Å². The molecule has 2 N–H and O–H groups in total. The molecule has 1 fully saturated rings. The molecule has 0 spiro atoms. The Balaban J connectivity index is 1.26. The minimum atomic E-state index is -0.621. The number of allylic oxidation sites excluding steroid dienone is 1. The summed E-state index contributed by atoms with van der Waals surface area (Å²) in [6.07, 6.45) is 5.70. The van der Waals surface area contributed by atoms with Gasteiger partial charge in [-0.3, -0.25) is 9.59 Å². The van der Waals surface area contributed by atoms with Gasteiger partial charge >= 0.3 is 0 Å². The third-order valence-electron chi connectivity index (χ3n) is 6.89. The molecule has 2 aliphatic heterocycles. The predicted octanol–water partition coefficient (Wildman–Crippen LogP) is 3.98. The molecule has 1 saturated heterocycles. The van der Waals surface area contributed by atoms with E-state index in [9.17, 15) is 14.7 Å². The zero-order chi connectivity index (χ0) is 25.6. The van der Waals surface area contributed by atoms with Crippen molar-refractivity contribution >= 4 is 22.8 Å². The highest BCUT2D eigenvalue weighted by molar-refractivity contribution is 5.92. The molecule has 37 heavy (non-hydrogen) atoms. The van der Waals surface area contributed by atoms with Gasteiger partial charge in [-0.1, -0.05) is 42.5 Å². The fourth-order valence-corrected chi connectivity index (χ4v) is 4.85.